The summed E-state index contributed by atoms with van der Waals surface area (Å²) in [7, 11) is 0. The molecule has 0 bridgehead atoms. The lowest BCUT2D eigenvalue weighted by atomic mass is 9.95. The van der Waals surface area contributed by atoms with Crippen LogP contribution >= 0.6 is 11.8 Å². The molecule has 132 valence electrons. The standard InChI is InChI=1S/C19H28N2O2S/c1-15-11-17(14-21(15)13-16-5-3-2-4-6-16)12-20-18(22)19(23)7-9-24-10-8-19/h2-6,15,17,23H,7-14H2,1H3,(H,20,22). The minimum atomic E-state index is -1.14. The van der Waals surface area contributed by atoms with Gasteiger partial charge >= 0.3 is 0 Å². The lowest BCUT2D eigenvalue weighted by Gasteiger charge is -2.30. The van der Waals surface area contributed by atoms with E-state index in [1.807, 2.05) is 17.8 Å². The summed E-state index contributed by atoms with van der Waals surface area (Å²) in [5, 5.41) is 13.5. The van der Waals surface area contributed by atoms with Gasteiger partial charge in [-0.15, -0.1) is 0 Å². The number of carbonyl (C=O) groups excluding carboxylic acids is 1. The molecule has 2 fully saturated rings. The van der Waals surface area contributed by atoms with Crippen LogP contribution < -0.4 is 5.32 Å². The number of likely N-dealkylation sites (tertiary alicyclic amines) is 1. The number of rotatable bonds is 5. The zero-order valence-electron chi connectivity index (χ0n) is 14.4. The van der Waals surface area contributed by atoms with Crippen molar-refractivity contribution in [3.63, 3.8) is 0 Å². The minimum Gasteiger partial charge on any atom is -0.380 e. The Kier molecular flexibility index (Phi) is 5.85. The molecular weight excluding hydrogens is 320 g/mol. The second kappa shape index (κ2) is 7.89. The molecule has 2 heterocycles. The second-order valence-electron chi connectivity index (χ2n) is 7.22. The highest BCUT2D eigenvalue weighted by molar-refractivity contribution is 7.99. The van der Waals surface area contributed by atoms with Crippen LogP contribution in [0.25, 0.3) is 0 Å². The van der Waals surface area contributed by atoms with Gasteiger partial charge in [-0.2, -0.15) is 11.8 Å². The Balaban J connectivity index is 1.47. The SMILES string of the molecule is CC1CC(CNC(=O)C2(O)CCSCC2)CN1Cc1ccccc1. The van der Waals surface area contributed by atoms with Gasteiger partial charge in [-0.25, -0.2) is 0 Å². The summed E-state index contributed by atoms with van der Waals surface area (Å²) < 4.78 is 0. The van der Waals surface area contributed by atoms with Crippen LogP contribution in [0, 0.1) is 5.92 Å². The van der Waals surface area contributed by atoms with Crippen LogP contribution in [-0.4, -0.2) is 52.2 Å². The van der Waals surface area contributed by atoms with Crippen LogP contribution in [0.15, 0.2) is 30.3 Å². The Morgan fingerprint density at radius 3 is 2.75 bits per heavy atom. The molecule has 2 atom stereocenters. The molecule has 0 spiro atoms. The molecule has 2 aliphatic rings. The molecule has 2 unspecified atom stereocenters. The number of hydrogen-bond donors (Lipinski definition) is 2. The molecule has 2 saturated heterocycles. The van der Waals surface area contributed by atoms with Crippen LogP contribution in [0.2, 0.25) is 0 Å². The van der Waals surface area contributed by atoms with E-state index in [0.29, 0.717) is 31.3 Å². The summed E-state index contributed by atoms with van der Waals surface area (Å²) in [5.41, 5.74) is 0.196. The van der Waals surface area contributed by atoms with E-state index in [-0.39, 0.29) is 5.91 Å². The molecule has 0 aromatic heterocycles. The van der Waals surface area contributed by atoms with Crippen molar-refractivity contribution in [2.75, 3.05) is 24.6 Å². The number of carbonyl (C=O) groups is 1. The van der Waals surface area contributed by atoms with E-state index in [2.05, 4.69) is 41.4 Å². The fraction of sp³-hybridized carbons (Fsp3) is 0.632. The largest absolute Gasteiger partial charge is 0.380 e. The maximum atomic E-state index is 12.3. The summed E-state index contributed by atoms with van der Waals surface area (Å²) >= 11 is 1.81. The summed E-state index contributed by atoms with van der Waals surface area (Å²) in [4.78, 5) is 14.8. The van der Waals surface area contributed by atoms with Gasteiger partial charge in [-0.3, -0.25) is 9.69 Å². The highest BCUT2D eigenvalue weighted by Gasteiger charge is 2.38. The molecule has 5 heteroatoms. The topological polar surface area (TPSA) is 52.6 Å². The molecule has 3 rings (SSSR count). The molecule has 24 heavy (non-hydrogen) atoms. The molecule has 0 radical (unpaired) electrons. The highest BCUT2D eigenvalue weighted by Crippen LogP contribution is 2.28. The summed E-state index contributed by atoms with van der Waals surface area (Å²) in [6.07, 6.45) is 2.25. The molecule has 0 aliphatic carbocycles. The van der Waals surface area contributed by atoms with E-state index >= 15 is 0 Å². The monoisotopic (exact) mass is 348 g/mol. The molecule has 2 aliphatic heterocycles. The zero-order valence-corrected chi connectivity index (χ0v) is 15.2. The maximum absolute atomic E-state index is 12.3. The third-order valence-electron chi connectivity index (χ3n) is 5.31. The van der Waals surface area contributed by atoms with Gasteiger partial charge in [0.1, 0.15) is 5.60 Å². The van der Waals surface area contributed by atoms with Crippen LogP contribution in [0.1, 0.15) is 31.7 Å². The Morgan fingerprint density at radius 2 is 2.04 bits per heavy atom. The van der Waals surface area contributed by atoms with Gasteiger partial charge in [0.05, 0.1) is 0 Å². The van der Waals surface area contributed by atoms with Crippen molar-refractivity contribution in [2.24, 2.45) is 5.92 Å². The van der Waals surface area contributed by atoms with Crippen molar-refractivity contribution in [3.05, 3.63) is 35.9 Å². The van der Waals surface area contributed by atoms with Crippen LogP contribution in [0.4, 0.5) is 0 Å². The lowest BCUT2D eigenvalue weighted by Crippen LogP contribution is -2.50. The number of thioether (sulfide) groups is 1. The van der Waals surface area contributed by atoms with E-state index in [4.69, 9.17) is 0 Å². The fourth-order valence-electron chi connectivity index (χ4n) is 3.74. The van der Waals surface area contributed by atoms with Crippen LogP contribution in [-0.2, 0) is 11.3 Å². The zero-order chi connectivity index (χ0) is 17.0. The number of hydrogen-bond acceptors (Lipinski definition) is 4. The predicted octanol–water partition coefficient (Wildman–Crippen LogP) is 2.27. The first kappa shape index (κ1) is 17.8. The van der Waals surface area contributed by atoms with Crippen molar-refractivity contribution in [3.8, 4) is 0 Å². The number of nitrogens with one attached hydrogen (secondary N) is 1. The summed E-state index contributed by atoms with van der Waals surface area (Å²) in [5.74, 6) is 2.04. The Hall–Kier alpha value is -1.04. The van der Waals surface area contributed by atoms with E-state index in [1.165, 1.54) is 5.56 Å². The molecule has 1 aromatic carbocycles. The van der Waals surface area contributed by atoms with Gasteiger partial charge in [0.25, 0.3) is 5.91 Å². The number of aliphatic hydroxyl groups is 1. The van der Waals surface area contributed by atoms with Crippen molar-refractivity contribution < 1.29 is 9.90 Å². The molecule has 1 aromatic rings. The average molecular weight is 349 g/mol. The first-order chi connectivity index (χ1) is 11.6. The summed E-state index contributed by atoms with van der Waals surface area (Å²) in [6, 6.07) is 11.1. The van der Waals surface area contributed by atoms with Gasteiger partial charge in [-0.1, -0.05) is 30.3 Å². The number of amides is 1. The molecule has 0 saturated carbocycles. The molecule has 4 nitrogen and oxygen atoms in total. The Morgan fingerprint density at radius 1 is 1.33 bits per heavy atom. The first-order valence-electron chi connectivity index (χ1n) is 8.93. The molecular formula is C19H28N2O2S. The third-order valence-corrected chi connectivity index (χ3v) is 6.30. The van der Waals surface area contributed by atoms with Crippen molar-refractivity contribution in [1.29, 1.82) is 0 Å². The Labute approximate surface area is 149 Å². The van der Waals surface area contributed by atoms with Gasteiger partial charge < -0.3 is 10.4 Å². The van der Waals surface area contributed by atoms with Crippen LogP contribution in [0.3, 0.4) is 0 Å². The van der Waals surface area contributed by atoms with E-state index in [9.17, 15) is 9.90 Å². The van der Waals surface area contributed by atoms with Crippen molar-refractivity contribution >= 4 is 17.7 Å². The maximum Gasteiger partial charge on any atom is 0.252 e. The van der Waals surface area contributed by atoms with Gasteiger partial charge in [0.15, 0.2) is 0 Å². The second-order valence-corrected chi connectivity index (χ2v) is 8.44. The smallest absolute Gasteiger partial charge is 0.252 e. The Bertz CT molecular complexity index is 546. The van der Waals surface area contributed by atoms with Gasteiger partial charge in [0, 0.05) is 25.7 Å². The van der Waals surface area contributed by atoms with Crippen molar-refractivity contribution in [1.82, 2.24) is 10.2 Å². The van der Waals surface area contributed by atoms with Gasteiger partial charge in [0.2, 0.25) is 0 Å². The molecule has 1 amide bonds. The lowest BCUT2D eigenvalue weighted by molar-refractivity contribution is -0.140. The van der Waals surface area contributed by atoms with E-state index < -0.39 is 5.60 Å². The summed E-state index contributed by atoms with van der Waals surface area (Å²) in [6.45, 7) is 4.90. The third kappa shape index (κ3) is 4.32. The fourth-order valence-corrected chi connectivity index (χ4v) is 4.91. The molecule has 2 N–H and O–H groups in total. The average Bonchev–Trinajstić information content (AvgIpc) is 2.94. The number of benzene rings is 1. The quantitative estimate of drug-likeness (QED) is 0.857. The minimum absolute atomic E-state index is 0.169. The van der Waals surface area contributed by atoms with Crippen molar-refractivity contribution in [2.45, 2.75) is 44.4 Å². The first-order valence-corrected chi connectivity index (χ1v) is 10.1. The van der Waals surface area contributed by atoms with E-state index in [1.54, 1.807) is 0 Å². The van der Waals surface area contributed by atoms with Gasteiger partial charge in [-0.05, 0) is 49.2 Å². The highest BCUT2D eigenvalue weighted by atomic mass is 32.2. The predicted molar refractivity (Wildman–Crippen MR) is 98.9 cm³/mol. The normalized spacial score (nSPS) is 27.1. The van der Waals surface area contributed by atoms with E-state index in [0.717, 1.165) is 31.0 Å². The van der Waals surface area contributed by atoms with Crippen LogP contribution in [0.5, 0.6) is 0 Å². The number of nitrogens with zero attached hydrogens (tertiary/aromatic N) is 1.